The van der Waals surface area contributed by atoms with Crippen molar-refractivity contribution in [2.45, 2.75) is 19.9 Å². The lowest BCUT2D eigenvalue weighted by Gasteiger charge is -2.18. The Labute approximate surface area is 91.1 Å². The summed E-state index contributed by atoms with van der Waals surface area (Å²) in [5.74, 6) is -0.497. The minimum atomic E-state index is -0.493. The van der Waals surface area contributed by atoms with E-state index in [1.807, 2.05) is 13.8 Å². The Hall–Kier alpha value is -0.610. The van der Waals surface area contributed by atoms with Crippen molar-refractivity contribution in [1.82, 2.24) is 0 Å². The van der Waals surface area contributed by atoms with Gasteiger partial charge in [0.05, 0.1) is 4.47 Å². The molecule has 2 nitrogen and oxygen atoms in total. The smallest absolute Gasteiger partial charge is 0.137 e. The zero-order valence-corrected chi connectivity index (χ0v) is 9.68. The van der Waals surface area contributed by atoms with E-state index in [9.17, 15) is 9.50 Å². The Kier molecular flexibility index (Phi) is 3.50. The molecule has 0 heterocycles. The molecule has 0 spiro atoms. The zero-order valence-electron chi connectivity index (χ0n) is 8.09. The Morgan fingerprint density at radius 2 is 2.00 bits per heavy atom. The second kappa shape index (κ2) is 4.28. The predicted molar refractivity (Wildman–Crippen MR) is 57.5 cm³/mol. The Morgan fingerprint density at radius 1 is 1.43 bits per heavy atom. The lowest BCUT2D eigenvalue weighted by molar-refractivity contribution is 0.420. The summed E-state index contributed by atoms with van der Waals surface area (Å²) in [7, 11) is 0. The molecule has 3 N–H and O–H groups in total. The molecular formula is C10H13BrFNO. The van der Waals surface area contributed by atoms with E-state index in [0.29, 0.717) is 4.47 Å². The van der Waals surface area contributed by atoms with Gasteiger partial charge in [0.1, 0.15) is 11.6 Å². The van der Waals surface area contributed by atoms with Crippen molar-refractivity contribution in [2.75, 3.05) is 0 Å². The van der Waals surface area contributed by atoms with E-state index in [1.54, 1.807) is 0 Å². The van der Waals surface area contributed by atoms with Crippen molar-refractivity contribution >= 4 is 15.9 Å². The van der Waals surface area contributed by atoms with Crippen LogP contribution < -0.4 is 5.73 Å². The highest BCUT2D eigenvalue weighted by molar-refractivity contribution is 9.10. The lowest BCUT2D eigenvalue weighted by Crippen LogP contribution is -2.18. The standard InChI is InChI=1S/C10H13BrFNO/c1-5(2)9(13)8-7(12)4-3-6(11)10(8)14/h3-5,9,14H,13H2,1-2H3. The highest BCUT2D eigenvalue weighted by Gasteiger charge is 2.20. The van der Waals surface area contributed by atoms with Gasteiger partial charge < -0.3 is 10.8 Å². The molecule has 0 fully saturated rings. The van der Waals surface area contributed by atoms with E-state index in [-0.39, 0.29) is 17.2 Å². The van der Waals surface area contributed by atoms with Crippen LogP contribution in [-0.2, 0) is 0 Å². The third kappa shape index (κ3) is 2.07. The first kappa shape index (κ1) is 11.5. The fourth-order valence-electron chi connectivity index (χ4n) is 1.21. The summed E-state index contributed by atoms with van der Waals surface area (Å²) in [4.78, 5) is 0. The van der Waals surface area contributed by atoms with Gasteiger partial charge in [-0.3, -0.25) is 0 Å². The lowest BCUT2D eigenvalue weighted by atomic mass is 9.96. The molecule has 0 amide bonds. The summed E-state index contributed by atoms with van der Waals surface area (Å²) in [5.41, 5.74) is 5.96. The van der Waals surface area contributed by atoms with Crippen LogP contribution in [0.2, 0.25) is 0 Å². The molecule has 0 aliphatic heterocycles. The van der Waals surface area contributed by atoms with Crippen LogP contribution in [0.3, 0.4) is 0 Å². The molecule has 1 unspecified atom stereocenters. The molecule has 0 radical (unpaired) electrons. The highest BCUT2D eigenvalue weighted by Crippen LogP contribution is 2.35. The number of nitrogens with two attached hydrogens (primary N) is 1. The maximum atomic E-state index is 13.4. The van der Waals surface area contributed by atoms with E-state index in [0.717, 1.165) is 0 Å². The molecule has 0 aliphatic rings. The first-order chi connectivity index (χ1) is 6.45. The van der Waals surface area contributed by atoms with Crippen molar-refractivity contribution in [3.05, 3.63) is 28.0 Å². The average Bonchev–Trinajstić information content (AvgIpc) is 2.12. The summed E-state index contributed by atoms with van der Waals surface area (Å²) in [6.07, 6.45) is 0. The Balaban J connectivity index is 3.25. The van der Waals surface area contributed by atoms with Crippen LogP contribution in [0, 0.1) is 11.7 Å². The van der Waals surface area contributed by atoms with E-state index in [1.165, 1.54) is 12.1 Å². The number of hydrogen-bond donors (Lipinski definition) is 2. The summed E-state index contributed by atoms with van der Waals surface area (Å²) in [6.45, 7) is 3.76. The zero-order chi connectivity index (χ0) is 10.9. The van der Waals surface area contributed by atoms with Crippen molar-refractivity contribution in [1.29, 1.82) is 0 Å². The SMILES string of the molecule is CC(C)C(N)c1c(F)ccc(Br)c1O. The molecule has 78 valence electrons. The number of phenols is 1. The van der Waals surface area contributed by atoms with Gasteiger partial charge in [-0.05, 0) is 34.0 Å². The molecule has 1 aromatic rings. The second-order valence-corrected chi connectivity index (χ2v) is 4.42. The van der Waals surface area contributed by atoms with Crippen molar-refractivity contribution in [3.8, 4) is 5.75 Å². The van der Waals surface area contributed by atoms with Crippen LogP contribution in [0.25, 0.3) is 0 Å². The van der Waals surface area contributed by atoms with Crippen molar-refractivity contribution in [3.63, 3.8) is 0 Å². The van der Waals surface area contributed by atoms with Crippen LogP contribution in [0.5, 0.6) is 5.75 Å². The van der Waals surface area contributed by atoms with Crippen LogP contribution in [0.1, 0.15) is 25.5 Å². The molecule has 0 saturated carbocycles. The van der Waals surface area contributed by atoms with Gasteiger partial charge in [-0.1, -0.05) is 13.8 Å². The Morgan fingerprint density at radius 3 is 2.50 bits per heavy atom. The van der Waals surface area contributed by atoms with Gasteiger partial charge in [-0.15, -0.1) is 0 Å². The molecule has 0 aliphatic carbocycles. The number of benzene rings is 1. The topological polar surface area (TPSA) is 46.2 Å². The van der Waals surface area contributed by atoms with Gasteiger partial charge in [-0.2, -0.15) is 0 Å². The summed E-state index contributed by atoms with van der Waals surface area (Å²) >= 11 is 3.13. The molecular weight excluding hydrogens is 249 g/mol. The van der Waals surface area contributed by atoms with Crippen LogP contribution in [0.4, 0.5) is 4.39 Å². The number of hydrogen-bond acceptors (Lipinski definition) is 2. The monoisotopic (exact) mass is 261 g/mol. The minimum Gasteiger partial charge on any atom is -0.506 e. The molecule has 1 aromatic carbocycles. The number of phenolic OH excluding ortho intramolecular Hbond substituents is 1. The van der Waals surface area contributed by atoms with E-state index < -0.39 is 11.9 Å². The Bertz CT molecular complexity index is 341. The first-order valence-corrected chi connectivity index (χ1v) is 5.17. The van der Waals surface area contributed by atoms with Gasteiger partial charge in [0.2, 0.25) is 0 Å². The number of halogens is 2. The highest BCUT2D eigenvalue weighted by atomic mass is 79.9. The molecule has 14 heavy (non-hydrogen) atoms. The maximum Gasteiger partial charge on any atom is 0.137 e. The van der Waals surface area contributed by atoms with Gasteiger partial charge in [0, 0.05) is 11.6 Å². The van der Waals surface area contributed by atoms with E-state index in [4.69, 9.17) is 5.73 Å². The number of aromatic hydroxyl groups is 1. The predicted octanol–water partition coefficient (Wildman–Crippen LogP) is 2.95. The molecule has 1 atom stereocenters. The second-order valence-electron chi connectivity index (χ2n) is 3.56. The normalized spacial score (nSPS) is 13.3. The van der Waals surface area contributed by atoms with Gasteiger partial charge >= 0.3 is 0 Å². The van der Waals surface area contributed by atoms with E-state index in [2.05, 4.69) is 15.9 Å². The summed E-state index contributed by atoms with van der Waals surface area (Å²) < 4.78 is 13.8. The van der Waals surface area contributed by atoms with Crippen molar-refractivity contribution < 1.29 is 9.50 Å². The quantitative estimate of drug-likeness (QED) is 0.860. The van der Waals surface area contributed by atoms with Crippen molar-refractivity contribution in [2.24, 2.45) is 11.7 Å². The fourth-order valence-corrected chi connectivity index (χ4v) is 1.55. The third-order valence-corrected chi connectivity index (χ3v) is 2.81. The first-order valence-electron chi connectivity index (χ1n) is 4.37. The van der Waals surface area contributed by atoms with Crippen LogP contribution in [0.15, 0.2) is 16.6 Å². The van der Waals surface area contributed by atoms with Crippen LogP contribution in [-0.4, -0.2) is 5.11 Å². The third-order valence-electron chi connectivity index (χ3n) is 2.17. The fraction of sp³-hybridized carbons (Fsp3) is 0.400. The molecule has 1 rings (SSSR count). The van der Waals surface area contributed by atoms with Gasteiger partial charge in [0.15, 0.2) is 0 Å². The van der Waals surface area contributed by atoms with E-state index >= 15 is 0 Å². The van der Waals surface area contributed by atoms with Gasteiger partial charge in [-0.25, -0.2) is 4.39 Å². The average molecular weight is 262 g/mol. The summed E-state index contributed by atoms with van der Waals surface area (Å²) in [5, 5.41) is 9.63. The largest absolute Gasteiger partial charge is 0.506 e. The molecule has 0 aromatic heterocycles. The molecule has 4 heteroatoms. The molecule has 0 bridgehead atoms. The maximum absolute atomic E-state index is 13.4. The minimum absolute atomic E-state index is 0.0738. The number of rotatable bonds is 2. The molecule has 0 saturated heterocycles. The van der Waals surface area contributed by atoms with Gasteiger partial charge in [0.25, 0.3) is 0 Å². The summed E-state index contributed by atoms with van der Waals surface area (Å²) in [6, 6.07) is 2.26. The van der Waals surface area contributed by atoms with Crippen LogP contribution >= 0.6 is 15.9 Å².